The highest BCUT2D eigenvalue weighted by atomic mass is 28.2. The van der Waals surface area contributed by atoms with E-state index in [-0.39, 0.29) is 0 Å². The maximum Gasteiger partial charge on any atom is 0.0701 e. The lowest BCUT2D eigenvalue weighted by atomic mass is 10.5. The van der Waals surface area contributed by atoms with Crippen LogP contribution in [0.4, 0.5) is 0 Å². The Kier molecular flexibility index (Phi) is 15.1. The van der Waals surface area contributed by atoms with Crippen molar-refractivity contribution >= 4 is 9.52 Å². The fourth-order valence-electron chi connectivity index (χ4n) is 1.04. The maximum absolute atomic E-state index is 5.40. The highest BCUT2D eigenvalue weighted by Crippen LogP contribution is 1.89. The summed E-state index contributed by atoms with van der Waals surface area (Å²) in [7, 11) is 2.69. The molecule has 0 aromatic carbocycles. The number of hydrogen-bond acceptors (Lipinski definition) is 4. The molecular formula is C11H24O4Si. The van der Waals surface area contributed by atoms with Crippen molar-refractivity contribution < 1.29 is 18.9 Å². The molecule has 0 aromatic rings. The summed E-state index contributed by atoms with van der Waals surface area (Å²) in [5.74, 6) is 0. The molecule has 0 saturated heterocycles. The zero-order chi connectivity index (χ0) is 11.9. The van der Waals surface area contributed by atoms with E-state index in [2.05, 4.69) is 6.55 Å². The molecule has 0 unspecified atom stereocenters. The highest BCUT2D eigenvalue weighted by molar-refractivity contribution is 6.33. The van der Waals surface area contributed by atoms with Gasteiger partial charge in [-0.2, -0.15) is 0 Å². The molecule has 0 aliphatic carbocycles. The van der Waals surface area contributed by atoms with Crippen molar-refractivity contribution in [1.29, 1.82) is 0 Å². The van der Waals surface area contributed by atoms with Gasteiger partial charge in [0.05, 0.1) is 39.6 Å². The Hall–Kier alpha value is 0.0569. The number of rotatable bonds is 13. The number of ether oxygens (including phenoxy) is 4. The van der Waals surface area contributed by atoms with Gasteiger partial charge in [-0.05, 0) is 6.42 Å². The molecule has 4 nitrogen and oxygen atoms in total. The van der Waals surface area contributed by atoms with Gasteiger partial charge in [-0.25, -0.2) is 0 Å². The molecule has 96 valence electrons. The van der Waals surface area contributed by atoms with Gasteiger partial charge in [-0.3, -0.25) is 0 Å². The van der Waals surface area contributed by atoms with Crippen LogP contribution in [0.3, 0.4) is 0 Å². The largest absolute Gasteiger partial charge is 0.382 e. The van der Waals surface area contributed by atoms with Gasteiger partial charge in [0.15, 0.2) is 0 Å². The summed E-state index contributed by atoms with van der Waals surface area (Å²) in [5, 5.41) is 0. The first-order chi connectivity index (χ1) is 7.91. The Labute approximate surface area is 101 Å². The van der Waals surface area contributed by atoms with Crippen LogP contribution in [0.5, 0.6) is 0 Å². The van der Waals surface area contributed by atoms with Crippen LogP contribution in [-0.2, 0) is 18.9 Å². The van der Waals surface area contributed by atoms with Crippen molar-refractivity contribution in [3.63, 3.8) is 0 Å². The molecule has 0 spiro atoms. The van der Waals surface area contributed by atoms with Gasteiger partial charge < -0.3 is 18.9 Å². The predicted octanol–water partition coefficient (Wildman–Crippen LogP) is 1.24. The first kappa shape index (κ1) is 16.1. The molecule has 0 N–H and O–H groups in total. The zero-order valence-corrected chi connectivity index (χ0v) is 11.5. The predicted molar refractivity (Wildman–Crippen MR) is 65.4 cm³/mol. The molecule has 0 saturated carbocycles. The molecule has 0 aliphatic heterocycles. The molecule has 0 rings (SSSR count). The van der Waals surface area contributed by atoms with E-state index in [0.717, 1.165) is 22.5 Å². The molecule has 0 amide bonds. The van der Waals surface area contributed by atoms with Crippen molar-refractivity contribution in [2.24, 2.45) is 0 Å². The lowest BCUT2D eigenvalue weighted by Gasteiger charge is -2.06. The molecule has 0 bridgehead atoms. The van der Waals surface area contributed by atoms with Crippen molar-refractivity contribution in [3.8, 4) is 0 Å². The van der Waals surface area contributed by atoms with Crippen LogP contribution in [0, 0.1) is 0 Å². The molecule has 0 heterocycles. The SMILES string of the molecule is COCCOCCOCCOCCC[Si]C. The topological polar surface area (TPSA) is 36.9 Å². The van der Waals surface area contributed by atoms with E-state index in [0.29, 0.717) is 39.6 Å². The van der Waals surface area contributed by atoms with Gasteiger partial charge in [0, 0.05) is 23.2 Å². The second kappa shape index (κ2) is 15.1. The van der Waals surface area contributed by atoms with Crippen molar-refractivity contribution in [3.05, 3.63) is 0 Å². The number of hydrogen-bond donors (Lipinski definition) is 0. The van der Waals surface area contributed by atoms with Crippen LogP contribution in [0.15, 0.2) is 0 Å². The highest BCUT2D eigenvalue weighted by Gasteiger charge is 1.91. The smallest absolute Gasteiger partial charge is 0.0701 e. The Morgan fingerprint density at radius 2 is 1.25 bits per heavy atom. The minimum absolute atomic E-state index is 0.625. The van der Waals surface area contributed by atoms with Gasteiger partial charge >= 0.3 is 0 Å². The minimum Gasteiger partial charge on any atom is -0.382 e. The molecule has 16 heavy (non-hydrogen) atoms. The Morgan fingerprint density at radius 1 is 0.750 bits per heavy atom. The van der Waals surface area contributed by atoms with Crippen LogP contribution in [0.1, 0.15) is 6.42 Å². The van der Waals surface area contributed by atoms with Gasteiger partial charge in [0.1, 0.15) is 0 Å². The molecular weight excluding hydrogens is 224 g/mol. The Morgan fingerprint density at radius 3 is 1.75 bits per heavy atom. The average molecular weight is 248 g/mol. The Balaban J connectivity index is 2.83. The zero-order valence-electron chi connectivity index (χ0n) is 10.5. The fourth-order valence-corrected chi connectivity index (χ4v) is 1.53. The lowest BCUT2D eigenvalue weighted by molar-refractivity contribution is 0.00378. The second-order valence-electron chi connectivity index (χ2n) is 3.29. The molecule has 0 atom stereocenters. The summed E-state index contributed by atoms with van der Waals surface area (Å²) in [6.07, 6.45) is 1.16. The summed E-state index contributed by atoms with van der Waals surface area (Å²) in [6.45, 7) is 6.94. The molecule has 2 radical (unpaired) electrons. The Bertz CT molecular complexity index is 111. The van der Waals surface area contributed by atoms with E-state index in [4.69, 9.17) is 18.9 Å². The summed E-state index contributed by atoms with van der Waals surface area (Å²) in [6, 6.07) is 1.27. The van der Waals surface area contributed by atoms with Crippen LogP contribution in [0.25, 0.3) is 0 Å². The standard InChI is InChI=1S/C11H24O4Si/c1-12-5-6-14-9-10-15-8-7-13-4-3-11-16-2/h3-11H2,1-2H3. The van der Waals surface area contributed by atoms with Crippen molar-refractivity contribution in [2.45, 2.75) is 19.0 Å². The maximum atomic E-state index is 5.40. The first-order valence-electron chi connectivity index (χ1n) is 5.78. The van der Waals surface area contributed by atoms with Crippen LogP contribution >= 0.6 is 0 Å². The van der Waals surface area contributed by atoms with Crippen LogP contribution in [0.2, 0.25) is 12.6 Å². The second-order valence-corrected chi connectivity index (χ2v) is 4.49. The van der Waals surface area contributed by atoms with Gasteiger partial charge in [-0.15, -0.1) is 0 Å². The average Bonchev–Trinajstić information content (AvgIpc) is 2.31. The first-order valence-corrected chi connectivity index (χ1v) is 7.49. The van der Waals surface area contributed by atoms with E-state index in [1.54, 1.807) is 7.11 Å². The molecule has 5 heteroatoms. The monoisotopic (exact) mass is 248 g/mol. The summed E-state index contributed by atoms with van der Waals surface area (Å²) >= 11 is 0. The van der Waals surface area contributed by atoms with E-state index >= 15 is 0 Å². The third-order valence-electron chi connectivity index (χ3n) is 1.89. The molecule has 0 fully saturated rings. The van der Waals surface area contributed by atoms with Gasteiger partial charge in [0.2, 0.25) is 0 Å². The third-order valence-corrected chi connectivity index (χ3v) is 2.74. The quantitative estimate of drug-likeness (QED) is 0.363. The normalized spacial score (nSPS) is 10.9. The van der Waals surface area contributed by atoms with Gasteiger partial charge in [-0.1, -0.05) is 12.6 Å². The van der Waals surface area contributed by atoms with Crippen molar-refractivity contribution in [1.82, 2.24) is 0 Å². The van der Waals surface area contributed by atoms with E-state index in [9.17, 15) is 0 Å². The summed E-state index contributed by atoms with van der Waals surface area (Å²) in [4.78, 5) is 0. The van der Waals surface area contributed by atoms with E-state index in [1.807, 2.05) is 0 Å². The lowest BCUT2D eigenvalue weighted by Crippen LogP contribution is -2.11. The van der Waals surface area contributed by atoms with Crippen LogP contribution < -0.4 is 0 Å². The van der Waals surface area contributed by atoms with Crippen LogP contribution in [-0.4, -0.2) is 62.9 Å². The summed E-state index contributed by atoms with van der Waals surface area (Å²) < 4.78 is 20.8. The fraction of sp³-hybridized carbons (Fsp3) is 1.00. The van der Waals surface area contributed by atoms with E-state index in [1.165, 1.54) is 6.04 Å². The minimum atomic E-state index is 0.625. The summed E-state index contributed by atoms with van der Waals surface area (Å²) in [5.41, 5.74) is 0. The number of methoxy groups -OCH3 is 1. The van der Waals surface area contributed by atoms with Crippen molar-refractivity contribution in [2.75, 3.05) is 53.4 Å². The van der Waals surface area contributed by atoms with E-state index < -0.39 is 0 Å². The van der Waals surface area contributed by atoms with Gasteiger partial charge in [0.25, 0.3) is 0 Å². The molecule has 0 aliphatic rings. The molecule has 0 aromatic heterocycles. The third kappa shape index (κ3) is 14.1.